The molecule has 30 heavy (non-hydrogen) atoms. The van der Waals surface area contributed by atoms with Gasteiger partial charge in [-0.1, -0.05) is 23.7 Å². The van der Waals surface area contributed by atoms with Crippen molar-refractivity contribution in [3.05, 3.63) is 83.4 Å². The van der Waals surface area contributed by atoms with Crippen molar-refractivity contribution in [2.75, 3.05) is 18.5 Å². The van der Waals surface area contributed by atoms with Crippen molar-refractivity contribution in [2.45, 2.75) is 11.3 Å². The molecule has 0 radical (unpaired) electrons. The number of carbonyl (C=O) groups is 1. The van der Waals surface area contributed by atoms with E-state index in [0.29, 0.717) is 22.2 Å². The number of carbonyl (C=O) groups excluding carboxylic acids is 1. The Morgan fingerprint density at radius 3 is 2.03 bits per heavy atom. The highest BCUT2D eigenvalue weighted by atomic mass is 35.5. The van der Waals surface area contributed by atoms with Gasteiger partial charge >= 0.3 is 5.97 Å². The molecule has 0 unspecified atom stereocenters. The van der Waals surface area contributed by atoms with Crippen LogP contribution in [-0.2, 0) is 21.2 Å². The maximum absolute atomic E-state index is 12.7. The molecule has 0 aliphatic carbocycles. The van der Waals surface area contributed by atoms with Gasteiger partial charge in [0.2, 0.25) is 0 Å². The number of esters is 1. The lowest BCUT2D eigenvalue weighted by Gasteiger charge is -2.19. The van der Waals surface area contributed by atoms with Gasteiger partial charge < -0.3 is 9.47 Å². The van der Waals surface area contributed by atoms with E-state index in [9.17, 15) is 13.2 Å². The molecule has 6 nitrogen and oxygen atoms in total. The van der Waals surface area contributed by atoms with Crippen LogP contribution in [0.25, 0.3) is 0 Å². The summed E-state index contributed by atoms with van der Waals surface area (Å²) in [7, 11) is -0.707. The molecule has 3 aromatic carbocycles. The fraction of sp³-hybridized carbons (Fsp3) is 0.136. The zero-order valence-electron chi connectivity index (χ0n) is 16.4. The van der Waals surface area contributed by atoms with E-state index in [1.54, 1.807) is 55.6 Å². The van der Waals surface area contributed by atoms with Gasteiger partial charge in [-0.15, -0.1) is 0 Å². The van der Waals surface area contributed by atoms with Crippen molar-refractivity contribution in [1.29, 1.82) is 0 Å². The van der Waals surface area contributed by atoms with E-state index < -0.39 is 16.0 Å². The fourth-order valence-electron chi connectivity index (χ4n) is 2.71. The molecule has 0 aliphatic rings. The fourth-order valence-corrected chi connectivity index (χ4v) is 4.03. The van der Waals surface area contributed by atoms with Gasteiger partial charge in [-0.25, -0.2) is 8.42 Å². The number of hydrogen-bond donors (Lipinski definition) is 0. The van der Waals surface area contributed by atoms with Crippen molar-refractivity contribution >= 4 is 33.3 Å². The van der Waals surface area contributed by atoms with Crippen LogP contribution in [0.5, 0.6) is 11.5 Å². The van der Waals surface area contributed by atoms with Crippen molar-refractivity contribution in [3.8, 4) is 11.5 Å². The third-order valence-electron chi connectivity index (χ3n) is 4.41. The summed E-state index contributed by atoms with van der Waals surface area (Å²) >= 11 is 5.83. The summed E-state index contributed by atoms with van der Waals surface area (Å²) in [6.07, 6.45) is 0.108. The van der Waals surface area contributed by atoms with Gasteiger partial charge in [-0.2, -0.15) is 0 Å². The van der Waals surface area contributed by atoms with Crippen LogP contribution >= 0.6 is 11.6 Å². The molecule has 3 aromatic rings. The summed E-state index contributed by atoms with van der Waals surface area (Å²) in [5.41, 5.74) is 1.23. The second-order valence-corrected chi connectivity index (χ2v) is 8.82. The van der Waals surface area contributed by atoms with Crippen molar-refractivity contribution in [3.63, 3.8) is 0 Å². The molecule has 0 atom stereocenters. The summed E-state index contributed by atoms with van der Waals surface area (Å²) in [6, 6.07) is 19.3. The third kappa shape index (κ3) is 5.11. The van der Waals surface area contributed by atoms with Gasteiger partial charge in [0.25, 0.3) is 10.0 Å². The van der Waals surface area contributed by atoms with Gasteiger partial charge in [0.05, 0.1) is 24.1 Å². The van der Waals surface area contributed by atoms with Crippen LogP contribution in [0.15, 0.2) is 77.7 Å². The number of sulfonamides is 1. The molecular formula is C22H20ClNO5S. The Balaban J connectivity index is 1.66. The normalized spacial score (nSPS) is 11.0. The molecule has 0 fully saturated rings. The lowest BCUT2D eigenvalue weighted by Crippen LogP contribution is -2.26. The molecular weight excluding hydrogens is 426 g/mol. The van der Waals surface area contributed by atoms with E-state index in [1.165, 1.54) is 31.3 Å². The number of anilines is 1. The lowest BCUT2D eigenvalue weighted by atomic mass is 10.1. The van der Waals surface area contributed by atoms with E-state index >= 15 is 0 Å². The summed E-state index contributed by atoms with van der Waals surface area (Å²) in [4.78, 5) is 12.3. The van der Waals surface area contributed by atoms with Crippen LogP contribution in [0, 0.1) is 0 Å². The summed E-state index contributed by atoms with van der Waals surface area (Å²) in [5.74, 6) is 0.616. The predicted molar refractivity (Wildman–Crippen MR) is 116 cm³/mol. The van der Waals surface area contributed by atoms with Gasteiger partial charge in [0.1, 0.15) is 11.5 Å². The van der Waals surface area contributed by atoms with Crippen LogP contribution in [0.4, 0.5) is 5.69 Å². The zero-order valence-corrected chi connectivity index (χ0v) is 18.0. The maximum atomic E-state index is 12.7. The van der Waals surface area contributed by atoms with Crippen LogP contribution in [-0.4, -0.2) is 28.5 Å². The predicted octanol–water partition coefficient (Wildman–Crippen LogP) is 4.32. The number of rotatable bonds is 7. The van der Waals surface area contributed by atoms with Crippen LogP contribution in [0.3, 0.4) is 0 Å². The minimum Gasteiger partial charge on any atom is -0.497 e. The quantitative estimate of drug-likeness (QED) is 0.400. The Morgan fingerprint density at radius 2 is 1.47 bits per heavy atom. The van der Waals surface area contributed by atoms with Crippen LogP contribution < -0.4 is 13.8 Å². The van der Waals surface area contributed by atoms with Crippen molar-refractivity contribution in [2.24, 2.45) is 0 Å². The van der Waals surface area contributed by atoms with Gasteiger partial charge in [-0.3, -0.25) is 9.10 Å². The van der Waals surface area contributed by atoms with Gasteiger partial charge in [0, 0.05) is 12.1 Å². The number of benzene rings is 3. The Morgan fingerprint density at radius 1 is 0.900 bits per heavy atom. The highest BCUT2D eigenvalue weighted by Gasteiger charge is 2.21. The highest BCUT2D eigenvalue weighted by Crippen LogP contribution is 2.25. The monoisotopic (exact) mass is 445 g/mol. The largest absolute Gasteiger partial charge is 0.497 e. The number of methoxy groups -OCH3 is 1. The number of hydrogen-bond acceptors (Lipinski definition) is 5. The van der Waals surface area contributed by atoms with E-state index in [2.05, 4.69) is 0 Å². The van der Waals surface area contributed by atoms with Crippen LogP contribution in [0.2, 0.25) is 5.02 Å². The average Bonchev–Trinajstić information content (AvgIpc) is 2.74. The zero-order chi connectivity index (χ0) is 21.7. The van der Waals surface area contributed by atoms with Gasteiger partial charge in [0.15, 0.2) is 0 Å². The smallest absolute Gasteiger partial charge is 0.315 e. The molecule has 0 saturated heterocycles. The summed E-state index contributed by atoms with van der Waals surface area (Å²) in [5, 5.41) is 0.456. The molecule has 0 spiro atoms. The van der Waals surface area contributed by atoms with E-state index in [0.717, 1.165) is 9.87 Å². The standard InChI is InChI=1S/C22H20ClNO5S/c1-24(30(26,27)21-13-5-17(23)6-14-21)18-7-11-20(12-8-18)29-22(25)15-16-3-9-19(28-2)10-4-16/h3-14H,15H2,1-2H3. The molecule has 0 heterocycles. The first-order valence-electron chi connectivity index (χ1n) is 8.98. The molecule has 3 rings (SSSR count). The first-order valence-corrected chi connectivity index (χ1v) is 10.8. The first kappa shape index (κ1) is 21.7. The minimum atomic E-state index is -3.73. The van der Waals surface area contributed by atoms with E-state index in [1.807, 2.05) is 0 Å². The van der Waals surface area contributed by atoms with E-state index in [-0.39, 0.29) is 11.3 Å². The SMILES string of the molecule is COc1ccc(CC(=O)Oc2ccc(N(C)S(=O)(=O)c3ccc(Cl)cc3)cc2)cc1. The summed E-state index contributed by atoms with van der Waals surface area (Å²) < 4.78 is 37.1. The first-order chi connectivity index (χ1) is 14.3. The Hall–Kier alpha value is -3.03. The molecule has 0 bridgehead atoms. The Labute approximate surface area is 180 Å². The second kappa shape index (κ2) is 9.19. The maximum Gasteiger partial charge on any atom is 0.315 e. The molecule has 0 aromatic heterocycles. The third-order valence-corrected chi connectivity index (χ3v) is 6.46. The topological polar surface area (TPSA) is 72.9 Å². The van der Waals surface area contributed by atoms with Gasteiger partial charge in [-0.05, 0) is 66.2 Å². The second-order valence-electron chi connectivity index (χ2n) is 6.42. The highest BCUT2D eigenvalue weighted by molar-refractivity contribution is 7.92. The number of halogens is 1. The minimum absolute atomic E-state index is 0.108. The molecule has 156 valence electrons. The van der Waals surface area contributed by atoms with E-state index in [4.69, 9.17) is 21.1 Å². The molecule has 0 amide bonds. The molecule has 8 heteroatoms. The molecule has 0 aliphatic heterocycles. The van der Waals surface area contributed by atoms with Crippen LogP contribution in [0.1, 0.15) is 5.56 Å². The summed E-state index contributed by atoms with van der Waals surface area (Å²) in [6.45, 7) is 0. The Bertz CT molecular complexity index is 1110. The van der Waals surface area contributed by atoms with Crippen molar-refractivity contribution < 1.29 is 22.7 Å². The molecule has 0 N–H and O–H groups in total. The Kier molecular flexibility index (Phi) is 6.64. The molecule has 0 saturated carbocycles. The average molecular weight is 446 g/mol. The van der Waals surface area contributed by atoms with Crippen molar-refractivity contribution in [1.82, 2.24) is 0 Å². The lowest BCUT2D eigenvalue weighted by molar-refractivity contribution is -0.133. The number of nitrogens with zero attached hydrogens (tertiary/aromatic N) is 1. The number of ether oxygens (including phenoxy) is 2.